The Morgan fingerprint density at radius 3 is 2.58 bits per heavy atom. The van der Waals surface area contributed by atoms with Gasteiger partial charge in [0.2, 0.25) is 6.29 Å². The van der Waals surface area contributed by atoms with E-state index in [9.17, 15) is 17.6 Å². The fraction of sp³-hybridized carbons (Fsp3) is 0.474. The number of halogens is 1. The van der Waals surface area contributed by atoms with Gasteiger partial charge in [-0.1, -0.05) is 0 Å². The zero-order valence-corrected chi connectivity index (χ0v) is 18.2. The van der Waals surface area contributed by atoms with Crippen LogP contribution in [0.5, 0.6) is 5.75 Å². The Balaban J connectivity index is 1.48. The minimum atomic E-state index is -3.79. The third-order valence-electron chi connectivity index (χ3n) is 5.23. The van der Waals surface area contributed by atoms with E-state index in [1.807, 2.05) is 5.38 Å². The summed E-state index contributed by atoms with van der Waals surface area (Å²) in [6.45, 7) is 0.690. The molecule has 0 aliphatic carbocycles. The second kappa shape index (κ2) is 8.69. The monoisotopic (exact) mass is 472 g/mol. The van der Waals surface area contributed by atoms with Crippen LogP contribution in [-0.2, 0) is 32.8 Å². The Bertz CT molecular complexity index is 1080. The highest BCUT2D eigenvalue weighted by molar-refractivity contribution is 7.86. The van der Waals surface area contributed by atoms with Gasteiger partial charge in [-0.15, -0.1) is 11.3 Å². The van der Waals surface area contributed by atoms with Crippen LogP contribution >= 0.6 is 11.3 Å². The van der Waals surface area contributed by atoms with Gasteiger partial charge in [-0.3, -0.25) is 0 Å². The molecule has 0 spiro atoms. The Hall–Kier alpha value is -2.28. The van der Waals surface area contributed by atoms with Crippen molar-refractivity contribution in [2.45, 2.75) is 38.3 Å². The van der Waals surface area contributed by atoms with E-state index < -0.39 is 28.3 Å². The maximum atomic E-state index is 14.3. The molecule has 3 heterocycles. The molecule has 12 heteroatoms. The summed E-state index contributed by atoms with van der Waals surface area (Å²) in [6, 6.07) is 2.39. The first-order valence-electron chi connectivity index (χ1n) is 9.57. The zero-order chi connectivity index (χ0) is 22.2. The van der Waals surface area contributed by atoms with Crippen LogP contribution in [0.2, 0.25) is 0 Å². The molecular formula is C19H21FN2O7S2. The molecule has 0 bridgehead atoms. The molecular weight excluding hydrogens is 451 g/mol. The minimum absolute atomic E-state index is 0.00677. The number of hydrogen-bond acceptors (Lipinski definition) is 8. The molecule has 31 heavy (non-hydrogen) atoms. The fourth-order valence-electron chi connectivity index (χ4n) is 3.65. The molecule has 168 valence electrons. The van der Waals surface area contributed by atoms with Crippen molar-refractivity contribution in [3.05, 3.63) is 45.2 Å². The first kappa shape index (κ1) is 21.9. The third kappa shape index (κ3) is 4.97. The second-order valence-electron chi connectivity index (χ2n) is 7.40. The van der Waals surface area contributed by atoms with Gasteiger partial charge in [0.25, 0.3) is 0 Å². The first-order chi connectivity index (χ1) is 14.7. The number of carboxylic acid groups (broad SMARTS) is 1. The van der Waals surface area contributed by atoms with Crippen LogP contribution < -0.4 is 4.18 Å². The zero-order valence-electron chi connectivity index (χ0n) is 16.6. The van der Waals surface area contributed by atoms with E-state index >= 15 is 0 Å². The van der Waals surface area contributed by atoms with E-state index in [4.69, 9.17) is 18.8 Å². The van der Waals surface area contributed by atoms with Gasteiger partial charge in [0.1, 0.15) is 17.3 Å². The number of piperidine rings is 1. The highest BCUT2D eigenvalue weighted by atomic mass is 32.2. The summed E-state index contributed by atoms with van der Waals surface area (Å²) in [5.41, 5.74) is 1.00. The van der Waals surface area contributed by atoms with Gasteiger partial charge in [-0.2, -0.15) is 8.42 Å². The largest absolute Gasteiger partial charge is 0.465 e. The number of amides is 1. The molecule has 1 unspecified atom stereocenters. The number of fused-ring (bicyclic) bond motifs is 1. The Labute approximate surface area is 182 Å². The van der Waals surface area contributed by atoms with E-state index in [0.717, 1.165) is 17.3 Å². The van der Waals surface area contributed by atoms with Crippen molar-refractivity contribution in [2.75, 3.05) is 19.3 Å². The lowest BCUT2D eigenvalue weighted by Crippen LogP contribution is -2.36. The van der Waals surface area contributed by atoms with Crippen molar-refractivity contribution in [1.29, 1.82) is 0 Å². The van der Waals surface area contributed by atoms with Crippen molar-refractivity contribution in [2.24, 2.45) is 0 Å². The number of aromatic nitrogens is 1. The lowest BCUT2D eigenvalue weighted by Gasteiger charge is -2.28. The van der Waals surface area contributed by atoms with Crippen molar-refractivity contribution >= 4 is 27.5 Å². The number of carbonyl (C=O) groups is 1. The average molecular weight is 473 g/mol. The number of rotatable bonds is 4. The molecule has 0 saturated carbocycles. The van der Waals surface area contributed by atoms with E-state index in [2.05, 4.69) is 4.98 Å². The molecule has 9 nitrogen and oxygen atoms in total. The number of nitrogens with zero attached hydrogens (tertiary/aromatic N) is 2. The molecule has 4 rings (SSSR count). The minimum Gasteiger partial charge on any atom is -0.465 e. The van der Waals surface area contributed by atoms with Gasteiger partial charge in [-0.05, 0) is 25.0 Å². The highest BCUT2D eigenvalue weighted by Gasteiger charge is 2.29. The van der Waals surface area contributed by atoms with Crippen LogP contribution in [-0.4, -0.2) is 48.8 Å². The predicted octanol–water partition coefficient (Wildman–Crippen LogP) is 3.22. The summed E-state index contributed by atoms with van der Waals surface area (Å²) >= 11 is 1.45. The smallest absolute Gasteiger partial charge is 0.407 e. The second-order valence-corrected chi connectivity index (χ2v) is 9.86. The number of ether oxygens (including phenoxy) is 2. The van der Waals surface area contributed by atoms with E-state index in [1.54, 1.807) is 0 Å². The molecule has 1 atom stereocenters. The van der Waals surface area contributed by atoms with Gasteiger partial charge in [-0.25, -0.2) is 14.2 Å². The summed E-state index contributed by atoms with van der Waals surface area (Å²) in [6.07, 6.45) is 0.534. The summed E-state index contributed by atoms with van der Waals surface area (Å²) in [5, 5.41) is 11.8. The van der Waals surface area contributed by atoms with Crippen LogP contribution in [0, 0.1) is 5.82 Å². The van der Waals surface area contributed by atoms with Gasteiger partial charge < -0.3 is 23.7 Å². The van der Waals surface area contributed by atoms with E-state index in [-0.39, 0.29) is 36.0 Å². The van der Waals surface area contributed by atoms with Crippen LogP contribution in [0.1, 0.15) is 46.9 Å². The molecule has 1 N–H and O–H groups in total. The average Bonchev–Trinajstić information content (AvgIpc) is 3.09. The van der Waals surface area contributed by atoms with Crippen molar-refractivity contribution in [3.8, 4) is 5.75 Å². The van der Waals surface area contributed by atoms with E-state index in [0.29, 0.717) is 31.6 Å². The predicted molar refractivity (Wildman–Crippen MR) is 108 cm³/mol. The Morgan fingerprint density at radius 1 is 1.26 bits per heavy atom. The summed E-state index contributed by atoms with van der Waals surface area (Å²) in [4.78, 5) is 17.1. The maximum absolute atomic E-state index is 14.3. The Morgan fingerprint density at radius 2 is 1.94 bits per heavy atom. The normalized spacial score (nSPS) is 20.2. The molecule has 1 fully saturated rings. The van der Waals surface area contributed by atoms with Crippen LogP contribution in [0.15, 0.2) is 17.5 Å². The molecule has 0 radical (unpaired) electrons. The maximum Gasteiger partial charge on any atom is 0.407 e. The topological polar surface area (TPSA) is 115 Å². The summed E-state index contributed by atoms with van der Waals surface area (Å²) < 4.78 is 53.8. The molecule has 1 aromatic heterocycles. The van der Waals surface area contributed by atoms with Crippen molar-refractivity contribution < 1.29 is 36.4 Å². The fourth-order valence-corrected chi connectivity index (χ4v) is 5.12. The molecule has 2 aliphatic rings. The lowest BCUT2D eigenvalue weighted by atomic mass is 9.98. The SMILES string of the molecule is CS(=O)(=O)Oc1ccc(F)c2c1COC(c1csc(C3CCN(C(=O)O)CC3)n1)OC2. The highest BCUT2D eigenvalue weighted by Crippen LogP contribution is 2.36. The third-order valence-corrected chi connectivity index (χ3v) is 6.73. The lowest BCUT2D eigenvalue weighted by molar-refractivity contribution is -0.155. The van der Waals surface area contributed by atoms with Crippen molar-refractivity contribution in [1.82, 2.24) is 9.88 Å². The molecule has 2 aliphatic heterocycles. The Kier molecular flexibility index (Phi) is 6.15. The molecule has 1 aromatic carbocycles. The van der Waals surface area contributed by atoms with Crippen LogP contribution in [0.25, 0.3) is 0 Å². The molecule has 1 amide bonds. The summed E-state index contributed by atoms with van der Waals surface area (Å²) in [5.74, 6) is -0.374. The molecule has 1 saturated heterocycles. The van der Waals surface area contributed by atoms with Crippen LogP contribution in [0.3, 0.4) is 0 Å². The van der Waals surface area contributed by atoms with Gasteiger partial charge in [0, 0.05) is 35.5 Å². The standard InChI is InChI=1S/C19H21FN2O7S2/c1-31(25,26)29-16-3-2-14(20)12-8-27-18(28-9-13(12)16)15-10-30-17(21-15)11-4-6-22(7-5-11)19(23)24/h2-3,10-11,18H,4-9H2,1H3,(H,23,24). The summed E-state index contributed by atoms with van der Waals surface area (Å²) in [7, 11) is -3.79. The number of hydrogen-bond donors (Lipinski definition) is 1. The molecule has 2 aromatic rings. The van der Waals surface area contributed by atoms with Gasteiger partial charge in [0.05, 0.1) is 24.5 Å². The van der Waals surface area contributed by atoms with Crippen molar-refractivity contribution in [3.63, 3.8) is 0 Å². The van der Waals surface area contributed by atoms with Crippen LogP contribution in [0.4, 0.5) is 9.18 Å². The van der Waals surface area contributed by atoms with Gasteiger partial charge >= 0.3 is 16.2 Å². The first-order valence-corrected chi connectivity index (χ1v) is 12.3. The van der Waals surface area contributed by atoms with E-state index in [1.165, 1.54) is 22.3 Å². The number of benzene rings is 1. The van der Waals surface area contributed by atoms with Gasteiger partial charge in [0.15, 0.2) is 0 Å². The number of likely N-dealkylation sites (tertiary alicyclic amines) is 1. The number of thiazole rings is 1. The quantitative estimate of drug-likeness (QED) is 0.675.